The molecule has 0 aliphatic rings. The maximum absolute atomic E-state index is 13.5. The van der Waals surface area contributed by atoms with Gasteiger partial charge < -0.3 is 9.84 Å². The summed E-state index contributed by atoms with van der Waals surface area (Å²) < 4.78 is 53.7. The molecule has 2 aromatic rings. The van der Waals surface area contributed by atoms with Crippen LogP contribution >= 0.6 is 0 Å². The SMILES string of the molecule is Cc1ccc(-c2cc(O)cc(OC(F)(F)F)c2)cc1F. The summed E-state index contributed by atoms with van der Waals surface area (Å²) in [7, 11) is 0. The Morgan fingerprint density at radius 2 is 1.70 bits per heavy atom. The van der Waals surface area contributed by atoms with Gasteiger partial charge in [-0.05, 0) is 41.8 Å². The molecule has 0 radical (unpaired) electrons. The van der Waals surface area contributed by atoms with Gasteiger partial charge in [0.15, 0.2) is 0 Å². The van der Waals surface area contributed by atoms with E-state index in [1.807, 2.05) is 0 Å². The quantitative estimate of drug-likeness (QED) is 0.829. The Balaban J connectivity index is 2.43. The summed E-state index contributed by atoms with van der Waals surface area (Å²) in [5.41, 5.74) is 0.986. The van der Waals surface area contributed by atoms with Crippen molar-refractivity contribution < 1.29 is 27.4 Å². The first-order valence-corrected chi connectivity index (χ1v) is 5.61. The molecule has 0 unspecified atom stereocenters. The van der Waals surface area contributed by atoms with Crippen LogP contribution in [0.5, 0.6) is 11.5 Å². The number of aryl methyl sites for hydroxylation is 1. The molecule has 2 nitrogen and oxygen atoms in total. The number of rotatable bonds is 2. The second-order valence-corrected chi connectivity index (χ2v) is 4.23. The van der Waals surface area contributed by atoms with E-state index in [0.717, 1.165) is 12.1 Å². The van der Waals surface area contributed by atoms with Crippen LogP contribution in [0.3, 0.4) is 0 Å². The number of benzene rings is 2. The molecule has 0 spiro atoms. The second kappa shape index (κ2) is 5.03. The largest absolute Gasteiger partial charge is 0.573 e. The third kappa shape index (κ3) is 3.40. The molecule has 0 heterocycles. The van der Waals surface area contributed by atoms with Gasteiger partial charge in [0.1, 0.15) is 17.3 Å². The van der Waals surface area contributed by atoms with Gasteiger partial charge >= 0.3 is 6.36 Å². The normalized spacial score (nSPS) is 11.4. The molecule has 0 saturated heterocycles. The molecule has 0 aliphatic heterocycles. The highest BCUT2D eigenvalue weighted by molar-refractivity contribution is 5.67. The minimum Gasteiger partial charge on any atom is -0.508 e. The van der Waals surface area contributed by atoms with E-state index < -0.39 is 23.7 Å². The molecule has 0 atom stereocenters. The average Bonchev–Trinajstić information content (AvgIpc) is 2.29. The molecular formula is C14H10F4O2. The van der Waals surface area contributed by atoms with Gasteiger partial charge in [-0.1, -0.05) is 12.1 Å². The van der Waals surface area contributed by atoms with Crippen molar-refractivity contribution in [1.29, 1.82) is 0 Å². The minimum atomic E-state index is -4.86. The van der Waals surface area contributed by atoms with Crippen molar-refractivity contribution in [1.82, 2.24) is 0 Å². The van der Waals surface area contributed by atoms with E-state index in [1.165, 1.54) is 18.2 Å². The molecule has 20 heavy (non-hydrogen) atoms. The number of phenolic OH excluding ortho intramolecular Hbond substituents is 1. The van der Waals surface area contributed by atoms with Gasteiger partial charge in [0.05, 0.1) is 0 Å². The van der Waals surface area contributed by atoms with Crippen LogP contribution in [-0.4, -0.2) is 11.5 Å². The molecule has 2 aromatic carbocycles. The Morgan fingerprint density at radius 3 is 2.30 bits per heavy atom. The van der Waals surface area contributed by atoms with E-state index in [-0.39, 0.29) is 5.56 Å². The van der Waals surface area contributed by atoms with Gasteiger partial charge in [-0.25, -0.2) is 4.39 Å². The van der Waals surface area contributed by atoms with Crippen LogP contribution < -0.4 is 4.74 Å². The number of aromatic hydroxyl groups is 1. The highest BCUT2D eigenvalue weighted by Crippen LogP contribution is 2.32. The first-order chi connectivity index (χ1) is 9.24. The van der Waals surface area contributed by atoms with Gasteiger partial charge in [0.2, 0.25) is 0 Å². The average molecular weight is 286 g/mol. The van der Waals surface area contributed by atoms with Crippen LogP contribution in [0.4, 0.5) is 17.6 Å². The van der Waals surface area contributed by atoms with Gasteiger partial charge in [0, 0.05) is 6.07 Å². The standard InChI is InChI=1S/C14H10F4O2/c1-8-2-3-9(6-13(8)15)10-4-11(19)7-12(5-10)20-14(16,17)18/h2-7,19H,1H3. The fourth-order valence-corrected chi connectivity index (χ4v) is 1.71. The summed E-state index contributed by atoms with van der Waals surface area (Å²) in [4.78, 5) is 0. The molecule has 0 amide bonds. The summed E-state index contributed by atoms with van der Waals surface area (Å²) in [5, 5.41) is 9.43. The highest BCUT2D eigenvalue weighted by Gasteiger charge is 2.31. The second-order valence-electron chi connectivity index (χ2n) is 4.23. The van der Waals surface area contributed by atoms with Gasteiger partial charge in [-0.15, -0.1) is 13.2 Å². The van der Waals surface area contributed by atoms with E-state index in [9.17, 15) is 22.7 Å². The zero-order valence-corrected chi connectivity index (χ0v) is 10.3. The number of phenols is 1. The summed E-state index contributed by atoms with van der Waals surface area (Å²) in [6.07, 6.45) is -4.86. The molecule has 6 heteroatoms. The third-order valence-electron chi connectivity index (χ3n) is 2.63. The van der Waals surface area contributed by atoms with Crippen LogP contribution in [0.2, 0.25) is 0 Å². The fraction of sp³-hybridized carbons (Fsp3) is 0.143. The molecule has 0 fully saturated rings. The fourth-order valence-electron chi connectivity index (χ4n) is 1.71. The molecule has 1 N–H and O–H groups in total. The summed E-state index contributed by atoms with van der Waals surface area (Å²) in [6, 6.07) is 7.37. The molecule has 0 saturated carbocycles. The monoisotopic (exact) mass is 286 g/mol. The highest BCUT2D eigenvalue weighted by atomic mass is 19.4. The smallest absolute Gasteiger partial charge is 0.508 e. The van der Waals surface area contributed by atoms with E-state index in [2.05, 4.69) is 4.74 Å². The molecule has 0 aliphatic carbocycles. The topological polar surface area (TPSA) is 29.5 Å². The van der Waals surface area contributed by atoms with Crippen molar-refractivity contribution in [3.63, 3.8) is 0 Å². The van der Waals surface area contributed by atoms with Crippen molar-refractivity contribution in [2.45, 2.75) is 13.3 Å². The van der Waals surface area contributed by atoms with Crippen LogP contribution in [0.15, 0.2) is 36.4 Å². The summed E-state index contributed by atoms with van der Waals surface area (Å²) in [5.74, 6) is -1.44. The molecular weight excluding hydrogens is 276 g/mol. The van der Waals surface area contributed by atoms with Crippen LogP contribution in [0, 0.1) is 12.7 Å². The first kappa shape index (κ1) is 14.2. The lowest BCUT2D eigenvalue weighted by atomic mass is 10.0. The lowest BCUT2D eigenvalue weighted by Gasteiger charge is -2.11. The predicted molar refractivity (Wildman–Crippen MR) is 64.9 cm³/mol. The van der Waals surface area contributed by atoms with E-state index in [4.69, 9.17) is 0 Å². The molecule has 0 bridgehead atoms. The number of hydrogen-bond acceptors (Lipinski definition) is 2. The zero-order chi connectivity index (χ0) is 14.9. The Morgan fingerprint density at radius 1 is 1.00 bits per heavy atom. The van der Waals surface area contributed by atoms with Crippen molar-refractivity contribution in [2.75, 3.05) is 0 Å². The van der Waals surface area contributed by atoms with Crippen molar-refractivity contribution in [2.24, 2.45) is 0 Å². The number of ether oxygens (including phenoxy) is 1. The van der Waals surface area contributed by atoms with Crippen molar-refractivity contribution >= 4 is 0 Å². The summed E-state index contributed by atoms with van der Waals surface area (Å²) >= 11 is 0. The summed E-state index contributed by atoms with van der Waals surface area (Å²) in [6.45, 7) is 1.57. The van der Waals surface area contributed by atoms with Crippen LogP contribution in [-0.2, 0) is 0 Å². The van der Waals surface area contributed by atoms with Crippen LogP contribution in [0.1, 0.15) is 5.56 Å². The predicted octanol–water partition coefficient (Wildman–Crippen LogP) is 4.41. The van der Waals surface area contributed by atoms with E-state index in [0.29, 0.717) is 11.1 Å². The molecule has 2 rings (SSSR count). The Bertz CT molecular complexity index is 636. The minimum absolute atomic E-state index is 0.225. The maximum Gasteiger partial charge on any atom is 0.573 e. The zero-order valence-electron chi connectivity index (χ0n) is 10.3. The van der Waals surface area contributed by atoms with Gasteiger partial charge in [0.25, 0.3) is 0 Å². The number of alkyl halides is 3. The number of hydrogen-bond donors (Lipinski definition) is 1. The maximum atomic E-state index is 13.5. The Hall–Kier alpha value is -2.24. The van der Waals surface area contributed by atoms with Crippen LogP contribution in [0.25, 0.3) is 11.1 Å². The van der Waals surface area contributed by atoms with Crippen molar-refractivity contribution in [3.05, 3.63) is 47.8 Å². The Kier molecular flexibility index (Phi) is 3.57. The van der Waals surface area contributed by atoms with Crippen molar-refractivity contribution in [3.8, 4) is 22.6 Å². The number of halogens is 4. The molecule has 0 aromatic heterocycles. The lowest BCUT2D eigenvalue weighted by Crippen LogP contribution is -2.17. The lowest BCUT2D eigenvalue weighted by molar-refractivity contribution is -0.274. The Labute approximate surface area is 112 Å². The molecule has 106 valence electrons. The third-order valence-corrected chi connectivity index (χ3v) is 2.63. The van der Waals surface area contributed by atoms with Gasteiger partial charge in [-0.3, -0.25) is 0 Å². The van der Waals surface area contributed by atoms with E-state index >= 15 is 0 Å². The van der Waals surface area contributed by atoms with Gasteiger partial charge in [-0.2, -0.15) is 0 Å². The first-order valence-electron chi connectivity index (χ1n) is 5.61. The van der Waals surface area contributed by atoms with E-state index in [1.54, 1.807) is 13.0 Å².